The Morgan fingerprint density at radius 2 is 1.73 bits per heavy atom. The van der Waals surface area contributed by atoms with Crippen molar-refractivity contribution in [3.8, 4) is 11.3 Å². The number of halogens is 1. The Hall–Kier alpha value is -2.92. The number of hydrogen-bond donors (Lipinski definition) is 1. The van der Waals surface area contributed by atoms with Crippen LogP contribution in [0.4, 0.5) is 5.82 Å². The van der Waals surface area contributed by atoms with Crippen LogP contribution in [-0.4, -0.2) is 15.3 Å². The van der Waals surface area contributed by atoms with Crippen molar-refractivity contribution in [2.45, 2.75) is 6.92 Å². The van der Waals surface area contributed by atoms with Crippen LogP contribution >= 0.6 is 15.9 Å². The number of hydrogen-bond acceptors (Lipinski definition) is 2. The minimum absolute atomic E-state index is 0.184. The molecule has 4 aromatic rings. The molecule has 4 nitrogen and oxygen atoms in total. The summed E-state index contributed by atoms with van der Waals surface area (Å²) in [5.41, 5.74) is 4.24. The summed E-state index contributed by atoms with van der Waals surface area (Å²) in [6.45, 7) is 2.04. The highest BCUT2D eigenvalue weighted by Gasteiger charge is 2.18. The number of anilines is 1. The number of aryl methyl sites for hydroxylation is 1. The van der Waals surface area contributed by atoms with Gasteiger partial charge in [0.2, 0.25) is 0 Å². The molecule has 0 bridgehead atoms. The van der Waals surface area contributed by atoms with Gasteiger partial charge in [0, 0.05) is 16.2 Å². The van der Waals surface area contributed by atoms with Crippen molar-refractivity contribution in [3.63, 3.8) is 0 Å². The van der Waals surface area contributed by atoms with Gasteiger partial charge in [-0.2, -0.15) is 0 Å². The summed E-state index contributed by atoms with van der Waals surface area (Å²) in [5.74, 6) is 0.474. The van der Waals surface area contributed by atoms with Gasteiger partial charge in [0.05, 0.1) is 5.56 Å². The van der Waals surface area contributed by atoms with Gasteiger partial charge in [0.25, 0.3) is 5.91 Å². The number of pyridine rings is 1. The van der Waals surface area contributed by atoms with Crippen molar-refractivity contribution in [1.29, 1.82) is 0 Å². The van der Waals surface area contributed by atoms with Crippen LogP contribution in [0, 0.1) is 6.92 Å². The minimum Gasteiger partial charge on any atom is -0.306 e. The monoisotopic (exact) mass is 405 g/mol. The molecule has 0 saturated heterocycles. The van der Waals surface area contributed by atoms with Gasteiger partial charge in [0.1, 0.15) is 17.2 Å². The van der Waals surface area contributed by atoms with E-state index < -0.39 is 0 Å². The van der Waals surface area contributed by atoms with E-state index in [2.05, 4.69) is 21.2 Å². The second kappa shape index (κ2) is 6.77. The Bertz CT molecular complexity index is 1100. The normalized spacial score (nSPS) is 10.8. The predicted molar refractivity (Wildman–Crippen MR) is 107 cm³/mol. The van der Waals surface area contributed by atoms with Crippen LogP contribution in [0.2, 0.25) is 0 Å². The SMILES string of the molecule is Cc1ccc(-c2nc3ccccn3c2NC(=O)c2ccccc2Br)cc1. The van der Waals surface area contributed by atoms with Gasteiger partial charge >= 0.3 is 0 Å². The molecule has 2 aromatic carbocycles. The molecule has 0 saturated carbocycles. The second-order valence-electron chi connectivity index (χ2n) is 6.04. The minimum atomic E-state index is -0.184. The first-order valence-electron chi connectivity index (χ1n) is 8.23. The van der Waals surface area contributed by atoms with E-state index in [4.69, 9.17) is 4.98 Å². The highest BCUT2D eigenvalue weighted by Crippen LogP contribution is 2.30. The van der Waals surface area contributed by atoms with E-state index in [9.17, 15) is 4.79 Å². The highest BCUT2D eigenvalue weighted by atomic mass is 79.9. The Kier molecular flexibility index (Phi) is 4.31. The first-order chi connectivity index (χ1) is 12.6. The maximum absolute atomic E-state index is 12.8. The molecule has 0 aliphatic carbocycles. The standard InChI is InChI=1S/C21H16BrN3O/c1-14-9-11-15(12-10-14)19-20(25-13-5-4-8-18(25)23-19)24-21(26)16-6-2-3-7-17(16)22/h2-13H,1H3,(H,24,26). The lowest BCUT2D eigenvalue weighted by Crippen LogP contribution is -2.14. The zero-order valence-corrected chi connectivity index (χ0v) is 15.7. The first-order valence-corrected chi connectivity index (χ1v) is 9.03. The summed E-state index contributed by atoms with van der Waals surface area (Å²) in [5, 5.41) is 3.04. The van der Waals surface area contributed by atoms with Crippen LogP contribution in [-0.2, 0) is 0 Å². The van der Waals surface area contributed by atoms with Gasteiger partial charge in [0.15, 0.2) is 0 Å². The topological polar surface area (TPSA) is 46.4 Å². The summed E-state index contributed by atoms with van der Waals surface area (Å²) in [6, 6.07) is 21.3. The Morgan fingerprint density at radius 1 is 1.00 bits per heavy atom. The van der Waals surface area contributed by atoms with Crippen molar-refractivity contribution in [2.75, 3.05) is 5.32 Å². The summed E-state index contributed by atoms with van der Waals surface area (Å²) in [4.78, 5) is 17.6. The number of nitrogens with one attached hydrogen (secondary N) is 1. The smallest absolute Gasteiger partial charge is 0.257 e. The third kappa shape index (κ3) is 3.02. The van der Waals surface area contributed by atoms with Gasteiger partial charge < -0.3 is 5.32 Å². The first kappa shape index (κ1) is 16.5. The summed E-state index contributed by atoms with van der Waals surface area (Å²) in [6.07, 6.45) is 1.90. The molecule has 26 heavy (non-hydrogen) atoms. The third-order valence-electron chi connectivity index (χ3n) is 4.21. The lowest BCUT2D eigenvalue weighted by atomic mass is 10.1. The van der Waals surface area contributed by atoms with Crippen LogP contribution < -0.4 is 5.32 Å². The molecule has 2 aromatic heterocycles. The van der Waals surface area contributed by atoms with Crippen LogP contribution in [0.5, 0.6) is 0 Å². The summed E-state index contributed by atoms with van der Waals surface area (Å²) < 4.78 is 2.65. The molecular formula is C21H16BrN3O. The average molecular weight is 406 g/mol. The number of fused-ring (bicyclic) bond motifs is 1. The lowest BCUT2D eigenvalue weighted by Gasteiger charge is -2.09. The van der Waals surface area contributed by atoms with E-state index in [1.54, 1.807) is 6.07 Å². The molecule has 1 amide bonds. The molecule has 0 atom stereocenters. The predicted octanol–water partition coefficient (Wildman–Crippen LogP) is 5.32. The zero-order valence-electron chi connectivity index (χ0n) is 14.1. The molecular weight excluding hydrogens is 390 g/mol. The van der Waals surface area contributed by atoms with Gasteiger partial charge in [-0.1, -0.05) is 48.0 Å². The van der Waals surface area contributed by atoms with Crippen molar-refractivity contribution >= 4 is 33.3 Å². The second-order valence-corrected chi connectivity index (χ2v) is 6.89. The maximum Gasteiger partial charge on any atom is 0.257 e. The van der Waals surface area contributed by atoms with E-state index in [1.165, 1.54) is 5.56 Å². The van der Waals surface area contributed by atoms with E-state index in [0.29, 0.717) is 11.4 Å². The number of nitrogens with zero attached hydrogens (tertiary/aromatic N) is 2. The van der Waals surface area contributed by atoms with Gasteiger partial charge in [-0.3, -0.25) is 9.20 Å². The van der Waals surface area contributed by atoms with Crippen molar-refractivity contribution < 1.29 is 4.79 Å². The molecule has 0 radical (unpaired) electrons. The largest absolute Gasteiger partial charge is 0.306 e. The van der Waals surface area contributed by atoms with E-state index in [1.807, 2.05) is 78.2 Å². The molecule has 4 rings (SSSR count). The average Bonchev–Trinajstić information content (AvgIpc) is 3.01. The number of amides is 1. The van der Waals surface area contributed by atoms with Crippen molar-refractivity contribution in [3.05, 3.63) is 88.5 Å². The number of carbonyl (C=O) groups excluding carboxylic acids is 1. The number of aromatic nitrogens is 2. The molecule has 0 aliphatic heterocycles. The van der Waals surface area contributed by atoms with E-state index >= 15 is 0 Å². The number of benzene rings is 2. The number of carbonyl (C=O) groups is 1. The Labute approximate surface area is 159 Å². The van der Waals surface area contributed by atoms with E-state index in [0.717, 1.165) is 21.4 Å². The zero-order chi connectivity index (χ0) is 18.1. The molecule has 2 heterocycles. The van der Waals surface area contributed by atoms with Gasteiger partial charge in [-0.05, 0) is 47.1 Å². The van der Waals surface area contributed by atoms with Crippen LogP contribution in [0.3, 0.4) is 0 Å². The van der Waals surface area contributed by atoms with Crippen LogP contribution in [0.1, 0.15) is 15.9 Å². The van der Waals surface area contributed by atoms with Crippen LogP contribution in [0.15, 0.2) is 77.4 Å². The molecule has 128 valence electrons. The van der Waals surface area contributed by atoms with Gasteiger partial charge in [-0.15, -0.1) is 0 Å². The fourth-order valence-corrected chi connectivity index (χ4v) is 3.31. The fourth-order valence-electron chi connectivity index (χ4n) is 2.85. The molecule has 0 unspecified atom stereocenters. The fraction of sp³-hybridized carbons (Fsp3) is 0.0476. The quantitative estimate of drug-likeness (QED) is 0.500. The molecule has 1 N–H and O–H groups in total. The van der Waals surface area contributed by atoms with Crippen molar-refractivity contribution in [1.82, 2.24) is 9.38 Å². The summed E-state index contributed by atoms with van der Waals surface area (Å²) in [7, 11) is 0. The lowest BCUT2D eigenvalue weighted by molar-refractivity contribution is 0.102. The van der Waals surface area contributed by atoms with Gasteiger partial charge in [-0.25, -0.2) is 4.98 Å². The molecule has 0 fully saturated rings. The Balaban J connectivity index is 1.83. The van der Waals surface area contributed by atoms with Crippen LogP contribution in [0.25, 0.3) is 16.9 Å². The van der Waals surface area contributed by atoms with Crippen molar-refractivity contribution in [2.24, 2.45) is 0 Å². The third-order valence-corrected chi connectivity index (χ3v) is 4.90. The molecule has 0 spiro atoms. The summed E-state index contributed by atoms with van der Waals surface area (Å²) >= 11 is 3.44. The molecule has 5 heteroatoms. The Morgan fingerprint density at radius 3 is 2.50 bits per heavy atom. The number of rotatable bonds is 3. The molecule has 0 aliphatic rings. The highest BCUT2D eigenvalue weighted by molar-refractivity contribution is 9.10. The number of imidazole rings is 1. The maximum atomic E-state index is 12.8. The van der Waals surface area contributed by atoms with E-state index in [-0.39, 0.29) is 5.91 Å².